The first-order valence-electron chi connectivity index (χ1n) is 5.50. The second-order valence-electron chi connectivity index (χ2n) is 4.17. The average molecular weight is 254 g/mol. The molecule has 0 aliphatic heterocycles. The molecule has 0 bridgehead atoms. The molecular weight excluding hydrogens is 242 g/mol. The number of methoxy groups -OCH3 is 1. The minimum Gasteiger partial charge on any atom is -0.490 e. The Kier molecular flexibility index (Phi) is 2.68. The number of hydrogen-bond acceptors (Lipinski definition) is 4. The second kappa shape index (κ2) is 4.20. The summed E-state index contributed by atoms with van der Waals surface area (Å²) in [7, 11) is 1.73. The monoisotopic (exact) mass is 253 g/mol. The van der Waals surface area contributed by atoms with Crippen molar-refractivity contribution in [2.45, 2.75) is 25.0 Å². The van der Waals surface area contributed by atoms with Gasteiger partial charge in [-0.2, -0.15) is 4.98 Å². The van der Waals surface area contributed by atoms with Crippen LogP contribution in [0.4, 0.5) is 0 Å². The van der Waals surface area contributed by atoms with Crippen LogP contribution >= 0.6 is 11.6 Å². The number of fused-ring (bicyclic) bond motifs is 1. The van der Waals surface area contributed by atoms with Gasteiger partial charge in [0.1, 0.15) is 17.4 Å². The molecule has 1 aromatic heterocycles. The first-order chi connectivity index (χ1) is 8.24. The van der Waals surface area contributed by atoms with E-state index in [4.69, 9.17) is 25.5 Å². The van der Waals surface area contributed by atoms with Gasteiger partial charge in [0, 0.05) is 26.0 Å². The highest BCUT2D eigenvalue weighted by molar-refractivity contribution is 6.28. The largest absolute Gasteiger partial charge is 0.490 e. The summed E-state index contributed by atoms with van der Waals surface area (Å²) in [6.45, 7) is 0. The molecule has 1 aliphatic carbocycles. The average Bonchev–Trinajstić information content (AvgIpc) is 2.62. The van der Waals surface area contributed by atoms with Crippen LogP contribution in [0.1, 0.15) is 12.8 Å². The third-order valence-electron chi connectivity index (χ3n) is 3.02. The lowest BCUT2D eigenvalue weighted by atomic mass is 9.92. The minimum absolute atomic E-state index is 0.153. The van der Waals surface area contributed by atoms with Crippen molar-refractivity contribution < 1.29 is 13.9 Å². The quantitative estimate of drug-likeness (QED) is 0.843. The minimum atomic E-state index is 0.153. The van der Waals surface area contributed by atoms with Gasteiger partial charge in [-0.3, -0.25) is 0 Å². The van der Waals surface area contributed by atoms with Crippen LogP contribution in [0.5, 0.6) is 5.75 Å². The van der Waals surface area contributed by atoms with E-state index in [0.29, 0.717) is 11.7 Å². The predicted molar refractivity (Wildman–Crippen MR) is 63.5 cm³/mol. The first kappa shape index (κ1) is 10.9. The first-order valence-corrected chi connectivity index (χ1v) is 5.88. The lowest BCUT2D eigenvalue weighted by Gasteiger charge is -2.34. The van der Waals surface area contributed by atoms with Crippen molar-refractivity contribution >= 4 is 22.7 Å². The molecule has 5 heteroatoms. The van der Waals surface area contributed by atoms with Crippen LogP contribution in [-0.2, 0) is 4.74 Å². The molecule has 0 radical (unpaired) electrons. The number of nitrogens with zero attached hydrogens (tertiary/aromatic N) is 1. The molecule has 1 fully saturated rings. The molecular formula is C12H12ClNO3. The van der Waals surface area contributed by atoms with Crippen molar-refractivity contribution in [2.24, 2.45) is 0 Å². The molecule has 90 valence electrons. The van der Waals surface area contributed by atoms with Gasteiger partial charge in [0.05, 0.1) is 6.10 Å². The lowest BCUT2D eigenvalue weighted by molar-refractivity contribution is -0.0380. The fourth-order valence-electron chi connectivity index (χ4n) is 1.95. The summed E-state index contributed by atoms with van der Waals surface area (Å²) in [6, 6.07) is 5.52. The lowest BCUT2D eigenvalue weighted by Crippen LogP contribution is -2.38. The summed E-state index contributed by atoms with van der Waals surface area (Å²) < 4.78 is 16.2. The van der Waals surface area contributed by atoms with Crippen molar-refractivity contribution in [3.05, 3.63) is 23.5 Å². The van der Waals surface area contributed by atoms with E-state index in [2.05, 4.69) is 4.98 Å². The second-order valence-corrected chi connectivity index (χ2v) is 4.49. The maximum absolute atomic E-state index is 5.79. The van der Waals surface area contributed by atoms with Gasteiger partial charge >= 0.3 is 0 Å². The van der Waals surface area contributed by atoms with Crippen molar-refractivity contribution in [2.75, 3.05) is 7.11 Å². The Labute approximate surface area is 103 Å². The summed E-state index contributed by atoms with van der Waals surface area (Å²) in [6.07, 6.45) is 2.45. The van der Waals surface area contributed by atoms with E-state index in [9.17, 15) is 0 Å². The van der Waals surface area contributed by atoms with Gasteiger partial charge in [0.25, 0.3) is 5.35 Å². The number of halogens is 1. The highest BCUT2D eigenvalue weighted by Crippen LogP contribution is 2.30. The van der Waals surface area contributed by atoms with Crippen molar-refractivity contribution in [1.82, 2.24) is 4.98 Å². The Morgan fingerprint density at radius 3 is 2.94 bits per heavy atom. The number of aromatic nitrogens is 1. The van der Waals surface area contributed by atoms with E-state index in [-0.39, 0.29) is 11.5 Å². The van der Waals surface area contributed by atoms with Crippen LogP contribution in [0.3, 0.4) is 0 Å². The molecule has 1 saturated carbocycles. The molecule has 1 heterocycles. The van der Waals surface area contributed by atoms with Gasteiger partial charge < -0.3 is 13.9 Å². The predicted octanol–water partition coefficient (Wildman–Crippen LogP) is 3.04. The molecule has 3 rings (SSSR count). The Hall–Kier alpha value is -1.26. The SMILES string of the molecule is COC1CC(Oc2ccc3oc(Cl)nc3c2)C1. The van der Waals surface area contributed by atoms with Gasteiger partial charge in [-0.15, -0.1) is 0 Å². The van der Waals surface area contributed by atoms with E-state index >= 15 is 0 Å². The smallest absolute Gasteiger partial charge is 0.293 e. The van der Waals surface area contributed by atoms with Crippen molar-refractivity contribution in [1.29, 1.82) is 0 Å². The Balaban J connectivity index is 1.73. The fourth-order valence-corrected chi connectivity index (χ4v) is 2.13. The zero-order valence-electron chi connectivity index (χ0n) is 9.35. The van der Waals surface area contributed by atoms with Gasteiger partial charge in [-0.05, 0) is 23.7 Å². The molecule has 0 spiro atoms. The van der Waals surface area contributed by atoms with E-state index in [1.807, 2.05) is 18.2 Å². The standard InChI is InChI=1S/C12H12ClNO3/c1-15-8-4-9(5-8)16-7-2-3-11-10(6-7)14-12(13)17-11/h2-3,6,8-9H,4-5H2,1H3. The number of oxazole rings is 1. The zero-order chi connectivity index (χ0) is 11.8. The maximum Gasteiger partial charge on any atom is 0.293 e. The Bertz CT molecular complexity index is 534. The van der Waals surface area contributed by atoms with E-state index in [1.165, 1.54) is 0 Å². The van der Waals surface area contributed by atoms with Gasteiger partial charge in [-0.25, -0.2) is 0 Å². The van der Waals surface area contributed by atoms with Crippen LogP contribution in [-0.4, -0.2) is 24.3 Å². The van der Waals surface area contributed by atoms with Gasteiger partial charge in [0.15, 0.2) is 5.58 Å². The normalized spacial score (nSPS) is 23.6. The third-order valence-corrected chi connectivity index (χ3v) is 3.18. The van der Waals surface area contributed by atoms with Gasteiger partial charge in [0.2, 0.25) is 0 Å². The summed E-state index contributed by atoms with van der Waals surface area (Å²) in [5, 5.41) is 0.153. The van der Waals surface area contributed by atoms with Gasteiger partial charge in [-0.1, -0.05) is 0 Å². The molecule has 17 heavy (non-hydrogen) atoms. The summed E-state index contributed by atoms with van der Waals surface area (Å²) >= 11 is 5.68. The van der Waals surface area contributed by atoms with Crippen LogP contribution in [0.15, 0.2) is 22.6 Å². The van der Waals surface area contributed by atoms with Crippen LogP contribution in [0.25, 0.3) is 11.1 Å². The third kappa shape index (κ3) is 2.10. The maximum atomic E-state index is 5.79. The molecule has 2 aromatic rings. The van der Waals surface area contributed by atoms with E-state index in [0.717, 1.165) is 24.1 Å². The molecule has 0 unspecified atom stereocenters. The molecule has 0 saturated heterocycles. The zero-order valence-corrected chi connectivity index (χ0v) is 10.1. The van der Waals surface area contributed by atoms with Crippen LogP contribution in [0, 0.1) is 0 Å². The van der Waals surface area contributed by atoms with E-state index < -0.39 is 0 Å². The molecule has 4 nitrogen and oxygen atoms in total. The molecule has 0 amide bonds. The number of ether oxygens (including phenoxy) is 2. The van der Waals surface area contributed by atoms with Crippen LogP contribution in [0.2, 0.25) is 5.35 Å². The number of hydrogen-bond donors (Lipinski definition) is 0. The highest BCUT2D eigenvalue weighted by Gasteiger charge is 2.30. The molecule has 0 N–H and O–H groups in total. The Morgan fingerprint density at radius 2 is 2.18 bits per heavy atom. The Morgan fingerprint density at radius 1 is 1.35 bits per heavy atom. The van der Waals surface area contributed by atoms with E-state index in [1.54, 1.807) is 7.11 Å². The summed E-state index contributed by atoms with van der Waals surface area (Å²) in [5.41, 5.74) is 1.39. The molecule has 1 aromatic carbocycles. The highest BCUT2D eigenvalue weighted by atomic mass is 35.5. The molecule has 1 aliphatic rings. The number of rotatable bonds is 3. The van der Waals surface area contributed by atoms with Crippen LogP contribution < -0.4 is 4.74 Å². The topological polar surface area (TPSA) is 44.5 Å². The van der Waals surface area contributed by atoms with Crippen molar-refractivity contribution in [3.8, 4) is 5.75 Å². The number of benzene rings is 1. The fraction of sp³-hybridized carbons (Fsp3) is 0.417. The summed E-state index contributed by atoms with van der Waals surface area (Å²) in [4.78, 5) is 4.05. The van der Waals surface area contributed by atoms with Crippen molar-refractivity contribution in [3.63, 3.8) is 0 Å². The molecule has 0 atom stereocenters. The summed E-state index contributed by atoms with van der Waals surface area (Å²) in [5.74, 6) is 0.794.